The van der Waals surface area contributed by atoms with E-state index in [-0.39, 0.29) is 0 Å². The molecule has 1 heterocycles. The third-order valence-corrected chi connectivity index (χ3v) is 2.66. The molecule has 0 aromatic heterocycles. The number of hydrogen-bond donors (Lipinski definition) is 0. The van der Waals surface area contributed by atoms with Gasteiger partial charge in [0.15, 0.2) is 0 Å². The van der Waals surface area contributed by atoms with Gasteiger partial charge in [-0.1, -0.05) is 0 Å². The molecule has 0 aliphatic carbocycles. The maximum Gasteiger partial charge on any atom is 0.209 e. The normalized spacial score (nSPS) is 20.8. The molecule has 0 saturated carbocycles. The number of amides is 1. The van der Waals surface area contributed by atoms with Crippen LogP contribution in [0, 0.1) is 0 Å². The van der Waals surface area contributed by atoms with Crippen LogP contribution in [0.15, 0.2) is 0 Å². The molecule has 12 heavy (non-hydrogen) atoms. The van der Waals surface area contributed by atoms with Crippen molar-refractivity contribution in [3.8, 4) is 0 Å². The van der Waals surface area contributed by atoms with E-state index < -0.39 is 0 Å². The summed E-state index contributed by atoms with van der Waals surface area (Å²) in [4.78, 5) is 14.9. The van der Waals surface area contributed by atoms with Gasteiger partial charge in [-0.05, 0) is 39.9 Å². The maximum atomic E-state index is 10.6. The summed E-state index contributed by atoms with van der Waals surface area (Å²) in [6, 6.07) is 0.490. The van der Waals surface area contributed by atoms with Crippen LogP contribution in [0.1, 0.15) is 19.8 Å². The summed E-state index contributed by atoms with van der Waals surface area (Å²) >= 11 is 0. The zero-order valence-electron chi connectivity index (χ0n) is 7.99. The second-order valence-electron chi connectivity index (χ2n) is 3.47. The molecule has 0 bridgehead atoms. The number of carbonyl (C=O) groups excluding carboxylic acids is 1. The summed E-state index contributed by atoms with van der Waals surface area (Å²) < 4.78 is 0. The fourth-order valence-electron chi connectivity index (χ4n) is 1.75. The van der Waals surface area contributed by atoms with Crippen molar-refractivity contribution < 1.29 is 4.79 Å². The molecular formula is C9H18N2O. The van der Waals surface area contributed by atoms with Crippen LogP contribution >= 0.6 is 0 Å². The second-order valence-corrected chi connectivity index (χ2v) is 3.47. The Morgan fingerprint density at radius 3 is 2.50 bits per heavy atom. The third-order valence-electron chi connectivity index (χ3n) is 2.66. The lowest BCUT2D eigenvalue weighted by Gasteiger charge is -2.34. The number of rotatable bonds is 3. The van der Waals surface area contributed by atoms with E-state index in [1.165, 1.54) is 0 Å². The highest BCUT2D eigenvalue weighted by molar-refractivity contribution is 5.47. The summed E-state index contributed by atoms with van der Waals surface area (Å²) in [5.41, 5.74) is 0. The fourth-order valence-corrected chi connectivity index (χ4v) is 1.75. The first-order valence-corrected chi connectivity index (χ1v) is 4.67. The van der Waals surface area contributed by atoms with Gasteiger partial charge in [-0.2, -0.15) is 0 Å². The van der Waals surface area contributed by atoms with Crippen LogP contribution in [0.25, 0.3) is 0 Å². The number of likely N-dealkylation sites (tertiary alicyclic amines) is 1. The van der Waals surface area contributed by atoms with Crippen molar-refractivity contribution in [2.24, 2.45) is 0 Å². The number of nitrogens with zero attached hydrogens (tertiary/aromatic N) is 2. The minimum absolute atomic E-state index is 0.490. The molecule has 1 amide bonds. The molecule has 3 nitrogen and oxygen atoms in total. The molecule has 0 spiro atoms. The highest BCUT2D eigenvalue weighted by Crippen LogP contribution is 2.13. The lowest BCUT2D eigenvalue weighted by Crippen LogP contribution is -2.42. The Hall–Kier alpha value is -0.570. The first kappa shape index (κ1) is 9.52. The highest BCUT2D eigenvalue weighted by atomic mass is 16.1. The molecule has 0 aromatic carbocycles. The first-order chi connectivity index (χ1) is 5.77. The van der Waals surface area contributed by atoms with E-state index in [2.05, 4.69) is 11.9 Å². The van der Waals surface area contributed by atoms with E-state index >= 15 is 0 Å². The van der Waals surface area contributed by atoms with Gasteiger partial charge < -0.3 is 9.80 Å². The van der Waals surface area contributed by atoms with E-state index in [0.717, 1.165) is 38.9 Å². The molecule has 0 unspecified atom stereocenters. The van der Waals surface area contributed by atoms with Gasteiger partial charge in [0.05, 0.1) is 0 Å². The monoisotopic (exact) mass is 170 g/mol. The lowest BCUT2D eigenvalue weighted by molar-refractivity contribution is -0.120. The van der Waals surface area contributed by atoms with Crippen LogP contribution < -0.4 is 0 Å². The van der Waals surface area contributed by atoms with E-state index in [0.29, 0.717) is 6.04 Å². The molecule has 1 aliphatic heterocycles. The van der Waals surface area contributed by atoms with Crippen molar-refractivity contribution >= 4 is 6.41 Å². The van der Waals surface area contributed by atoms with Crippen LogP contribution in [0.4, 0.5) is 0 Å². The second kappa shape index (κ2) is 4.45. The van der Waals surface area contributed by atoms with Crippen LogP contribution in [0.3, 0.4) is 0 Å². The lowest BCUT2D eigenvalue weighted by atomic mass is 10.0. The largest absolute Gasteiger partial charge is 0.342 e. The fraction of sp³-hybridized carbons (Fsp3) is 0.889. The van der Waals surface area contributed by atoms with E-state index in [9.17, 15) is 4.79 Å². The van der Waals surface area contributed by atoms with Gasteiger partial charge in [-0.3, -0.25) is 4.79 Å². The number of hydrogen-bond acceptors (Lipinski definition) is 2. The Bertz CT molecular complexity index is 141. The topological polar surface area (TPSA) is 23.6 Å². The van der Waals surface area contributed by atoms with Gasteiger partial charge >= 0.3 is 0 Å². The minimum atomic E-state index is 0.490. The zero-order valence-corrected chi connectivity index (χ0v) is 7.99. The average Bonchev–Trinajstić information content (AvgIpc) is 2.10. The van der Waals surface area contributed by atoms with Crippen molar-refractivity contribution in [2.75, 3.05) is 26.7 Å². The van der Waals surface area contributed by atoms with Gasteiger partial charge in [0, 0.05) is 12.6 Å². The summed E-state index contributed by atoms with van der Waals surface area (Å²) in [7, 11) is 2.13. The van der Waals surface area contributed by atoms with E-state index in [1.807, 2.05) is 11.8 Å². The molecule has 1 saturated heterocycles. The van der Waals surface area contributed by atoms with Crippen LogP contribution in [-0.2, 0) is 4.79 Å². The molecule has 1 aliphatic rings. The van der Waals surface area contributed by atoms with Gasteiger partial charge in [0.1, 0.15) is 0 Å². The van der Waals surface area contributed by atoms with Crippen molar-refractivity contribution in [3.05, 3.63) is 0 Å². The number of carbonyl (C=O) groups is 1. The Morgan fingerprint density at radius 2 is 2.08 bits per heavy atom. The first-order valence-electron chi connectivity index (χ1n) is 4.67. The molecule has 3 heteroatoms. The molecule has 0 radical (unpaired) electrons. The quantitative estimate of drug-likeness (QED) is 0.578. The standard InChI is InChI=1S/C9H18N2O/c1-3-11(8-12)9-4-6-10(2)7-5-9/h8-9H,3-7H2,1-2H3. The van der Waals surface area contributed by atoms with Crippen LogP contribution in [-0.4, -0.2) is 48.9 Å². The molecule has 1 fully saturated rings. The smallest absolute Gasteiger partial charge is 0.209 e. The van der Waals surface area contributed by atoms with E-state index in [1.54, 1.807) is 0 Å². The zero-order chi connectivity index (χ0) is 8.97. The molecular weight excluding hydrogens is 152 g/mol. The Labute approximate surface area is 74.3 Å². The van der Waals surface area contributed by atoms with Crippen LogP contribution in [0.5, 0.6) is 0 Å². The summed E-state index contributed by atoms with van der Waals surface area (Å²) in [5, 5.41) is 0. The molecule has 0 aromatic rings. The van der Waals surface area contributed by atoms with Gasteiger partial charge in [-0.15, -0.1) is 0 Å². The molecule has 0 atom stereocenters. The van der Waals surface area contributed by atoms with Gasteiger partial charge in [-0.25, -0.2) is 0 Å². The molecule has 1 rings (SSSR count). The molecule has 0 N–H and O–H groups in total. The van der Waals surface area contributed by atoms with Gasteiger partial charge in [0.25, 0.3) is 0 Å². The SMILES string of the molecule is CCN(C=O)C1CCN(C)CC1. The average molecular weight is 170 g/mol. The summed E-state index contributed by atoms with van der Waals surface area (Å²) in [5.74, 6) is 0. The highest BCUT2D eigenvalue weighted by Gasteiger charge is 2.20. The van der Waals surface area contributed by atoms with E-state index in [4.69, 9.17) is 0 Å². The predicted molar refractivity (Wildman–Crippen MR) is 49.0 cm³/mol. The van der Waals surface area contributed by atoms with Crippen molar-refractivity contribution in [2.45, 2.75) is 25.8 Å². The Balaban J connectivity index is 2.37. The summed E-state index contributed by atoms with van der Waals surface area (Å²) in [6.45, 7) is 5.12. The van der Waals surface area contributed by atoms with Crippen molar-refractivity contribution in [3.63, 3.8) is 0 Å². The minimum Gasteiger partial charge on any atom is -0.342 e. The van der Waals surface area contributed by atoms with Gasteiger partial charge in [0.2, 0.25) is 6.41 Å². The van der Waals surface area contributed by atoms with Crippen LogP contribution in [0.2, 0.25) is 0 Å². The molecule has 70 valence electrons. The van der Waals surface area contributed by atoms with Crippen molar-refractivity contribution in [1.82, 2.24) is 9.80 Å². The predicted octanol–water partition coefficient (Wildman–Crippen LogP) is 0.559. The summed E-state index contributed by atoms with van der Waals surface area (Å²) in [6.07, 6.45) is 3.24. The maximum absolute atomic E-state index is 10.6. The Morgan fingerprint density at radius 1 is 1.50 bits per heavy atom. The third kappa shape index (κ3) is 2.21. The van der Waals surface area contributed by atoms with Crippen molar-refractivity contribution in [1.29, 1.82) is 0 Å². The Kier molecular flexibility index (Phi) is 3.53. The number of piperidine rings is 1.